The van der Waals surface area contributed by atoms with E-state index in [1.807, 2.05) is 13.0 Å². The van der Waals surface area contributed by atoms with Crippen LogP contribution in [0.3, 0.4) is 0 Å². The summed E-state index contributed by atoms with van der Waals surface area (Å²) in [5, 5.41) is 12.5. The highest BCUT2D eigenvalue weighted by molar-refractivity contribution is 5.62. The van der Waals surface area contributed by atoms with Crippen molar-refractivity contribution in [3.05, 3.63) is 23.5 Å². The van der Waals surface area contributed by atoms with Crippen LogP contribution in [0, 0.1) is 6.92 Å². The molecule has 0 fully saturated rings. The molecular formula is C11H14N2O4. The number of nitrogens with zero attached hydrogens (tertiary/aromatic N) is 1. The quantitative estimate of drug-likeness (QED) is 0.757. The van der Waals surface area contributed by atoms with Gasteiger partial charge in [-0.1, -0.05) is 0 Å². The molecule has 1 aromatic heterocycles. The van der Waals surface area contributed by atoms with Crippen LogP contribution < -0.4 is 5.32 Å². The number of rotatable bonds is 2. The maximum atomic E-state index is 11.2. The first-order chi connectivity index (χ1) is 8.11. The summed E-state index contributed by atoms with van der Waals surface area (Å²) >= 11 is 0. The normalized spacial score (nSPS) is 21.6. The Morgan fingerprint density at radius 3 is 3.06 bits per heavy atom. The molecule has 0 spiro atoms. The molecule has 6 heteroatoms. The van der Waals surface area contributed by atoms with Gasteiger partial charge in [0, 0.05) is 5.69 Å². The number of ether oxygens (including phenoxy) is 2. The third-order valence-electron chi connectivity index (χ3n) is 2.41. The fourth-order valence-electron chi connectivity index (χ4n) is 1.68. The topological polar surface area (TPSA) is 80.7 Å². The van der Waals surface area contributed by atoms with Gasteiger partial charge in [-0.15, -0.1) is 0 Å². The summed E-state index contributed by atoms with van der Waals surface area (Å²) in [6.07, 6.45) is -2.64. The molecule has 2 heterocycles. The molecular weight excluding hydrogens is 224 g/mol. The highest BCUT2D eigenvalue weighted by Gasteiger charge is 2.35. The van der Waals surface area contributed by atoms with E-state index in [0.29, 0.717) is 11.4 Å². The largest absolute Gasteiger partial charge is 0.509 e. The van der Waals surface area contributed by atoms with E-state index in [4.69, 9.17) is 4.74 Å². The van der Waals surface area contributed by atoms with Gasteiger partial charge in [-0.05, 0) is 26.0 Å². The molecule has 1 aliphatic heterocycles. The minimum atomic E-state index is -0.997. The molecule has 6 nitrogen and oxygen atoms in total. The number of nitrogens with one attached hydrogen (secondary N) is 1. The van der Waals surface area contributed by atoms with Crippen molar-refractivity contribution in [1.82, 2.24) is 4.98 Å². The zero-order chi connectivity index (χ0) is 12.4. The number of hydrogen-bond donors (Lipinski definition) is 2. The van der Waals surface area contributed by atoms with Crippen molar-refractivity contribution >= 4 is 11.8 Å². The van der Waals surface area contributed by atoms with Gasteiger partial charge in [-0.3, -0.25) is 4.98 Å². The first-order valence-electron chi connectivity index (χ1n) is 5.37. The molecule has 1 aliphatic rings. The molecule has 2 unspecified atom stereocenters. The molecule has 1 aromatic rings. The number of anilines is 1. The van der Waals surface area contributed by atoms with Gasteiger partial charge >= 0.3 is 6.16 Å². The first kappa shape index (κ1) is 11.7. The maximum Gasteiger partial charge on any atom is 0.509 e. The Balaban J connectivity index is 2.19. The molecule has 0 amide bonds. The van der Waals surface area contributed by atoms with Gasteiger partial charge in [0.15, 0.2) is 12.3 Å². The molecule has 2 atom stereocenters. The summed E-state index contributed by atoms with van der Waals surface area (Å²) in [4.78, 5) is 15.5. The van der Waals surface area contributed by atoms with Crippen LogP contribution in [-0.2, 0) is 9.47 Å². The van der Waals surface area contributed by atoms with E-state index in [2.05, 4.69) is 15.0 Å². The van der Waals surface area contributed by atoms with Crippen molar-refractivity contribution in [3.8, 4) is 0 Å². The van der Waals surface area contributed by atoms with Crippen LogP contribution in [0.25, 0.3) is 0 Å². The summed E-state index contributed by atoms with van der Waals surface area (Å²) in [5.74, 6) is 0. The van der Waals surface area contributed by atoms with E-state index in [-0.39, 0.29) is 6.61 Å². The van der Waals surface area contributed by atoms with Crippen molar-refractivity contribution in [1.29, 1.82) is 0 Å². The zero-order valence-electron chi connectivity index (χ0n) is 9.64. The van der Waals surface area contributed by atoms with Gasteiger partial charge in [-0.25, -0.2) is 4.79 Å². The van der Waals surface area contributed by atoms with E-state index in [1.165, 1.54) is 0 Å². The fourth-order valence-corrected chi connectivity index (χ4v) is 1.68. The molecule has 0 saturated heterocycles. The standard InChI is InChI=1S/C11H14N2O4/c1-3-16-11(15)17-9-8-7(13-10(9)14)5-4-6(2)12-8/h4-5,9-10,13-14H,3H2,1-2H3. The highest BCUT2D eigenvalue weighted by Crippen LogP contribution is 2.34. The molecule has 2 rings (SSSR count). The Bertz CT molecular complexity index is 435. The molecule has 2 N–H and O–H groups in total. The molecule has 0 aliphatic carbocycles. The number of carbonyl (C=O) groups is 1. The predicted molar refractivity (Wildman–Crippen MR) is 59.5 cm³/mol. The van der Waals surface area contributed by atoms with E-state index in [1.54, 1.807) is 13.0 Å². The van der Waals surface area contributed by atoms with E-state index in [9.17, 15) is 9.90 Å². The zero-order valence-corrected chi connectivity index (χ0v) is 9.64. The molecule has 0 radical (unpaired) electrons. The Morgan fingerprint density at radius 2 is 2.35 bits per heavy atom. The first-order valence-corrected chi connectivity index (χ1v) is 5.37. The second kappa shape index (κ2) is 4.58. The number of aromatic nitrogens is 1. The van der Waals surface area contributed by atoms with Crippen LogP contribution in [0.5, 0.6) is 0 Å². The number of hydrogen-bond acceptors (Lipinski definition) is 6. The van der Waals surface area contributed by atoms with Gasteiger partial charge in [0.05, 0.1) is 12.3 Å². The van der Waals surface area contributed by atoms with Gasteiger partial charge in [0.1, 0.15) is 5.69 Å². The predicted octanol–water partition coefficient (Wildman–Crippen LogP) is 1.35. The monoisotopic (exact) mass is 238 g/mol. The molecule has 0 aromatic carbocycles. The van der Waals surface area contributed by atoms with Crippen LogP contribution in [0.1, 0.15) is 24.4 Å². The Hall–Kier alpha value is -1.82. The number of carbonyl (C=O) groups excluding carboxylic acids is 1. The second-order valence-corrected chi connectivity index (χ2v) is 3.70. The van der Waals surface area contributed by atoms with Gasteiger partial charge in [0.25, 0.3) is 0 Å². The summed E-state index contributed by atoms with van der Waals surface area (Å²) < 4.78 is 9.68. The fraction of sp³-hybridized carbons (Fsp3) is 0.455. The van der Waals surface area contributed by atoms with Gasteiger partial charge < -0.3 is 19.9 Å². The van der Waals surface area contributed by atoms with Crippen molar-refractivity contribution < 1.29 is 19.4 Å². The van der Waals surface area contributed by atoms with Gasteiger partial charge in [0.2, 0.25) is 0 Å². The van der Waals surface area contributed by atoms with Crippen LogP contribution in [0.2, 0.25) is 0 Å². The lowest BCUT2D eigenvalue weighted by molar-refractivity contribution is -0.0185. The summed E-state index contributed by atoms with van der Waals surface area (Å²) in [5.41, 5.74) is 1.97. The van der Waals surface area contributed by atoms with E-state index in [0.717, 1.165) is 5.69 Å². The third-order valence-corrected chi connectivity index (χ3v) is 2.41. The van der Waals surface area contributed by atoms with Crippen molar-refractivity contribution in [2.45, 2.75) is 26.2 Å². The summed E-state index contributed by atoms with van der Waals surface area (Å²) in [7, 11) is 0. The molecule has 0 saturated carbocycles. The maximum absolute atomic E-state index is 11.2. The number of aliphatic hydroxyl groups is 1. The third kappa shape index (κ3) is 2.31. The number of aryl methyl sites for hydroxylation is 1. The van der Waals surface area contributed by atoms with Crippen molar-refractivity contribution in [2.75, 3.05) is 11.9 Å². The summed E-state index contributed by atoms with van der Waals surface area (Å²) in [6, 6.07) is 3.60. The number of aliphatic hydroxyl groups excluding tert-OH is 1. The highest BCUT2D eigenvalue weighted by atomic mass is 16.7. The average Bonchev–Trinajstić information content (AvgIpc) is 2.56. The van der Waals surface area contributed by atoms with Crippen LogP contribution in [0.4, 0.5) is 10.5 Å². The lowest BCUT2D eigenvalue weighted by Gasteiger charge is -2.14. The van der Waals surface area contributed by atoms with E-state index < -0.39 is 18.5 Å². The van der Waals surface area contributed by atoms with Crippen LogP contribution in [-0.4, -0.2) is 29.1 Å². The number of fused-ring (bicyclic) bond motifs is 1. The lowest BCUT2D eigenvalue weighted by Crippen LogP contribution is -2.24. The average molecular weight is 238 g/mol. The van der Waals surface area contributed by atoms with Crippen LogP contribution >= 0.6 is 0 Å². The Labute approximate surface area is 98.6 Å². The van der Waals surface area contributed by atoms with Crippen LogP contribution in [0.15, 0.2) is 12.1 Å². The molecule has 0 bridgehead atoms. The second-order valence-electron chi connectivity index (χ2n) is 3.70. The van der Waals surface area contributed by atoms with Crippen molar-refractivity contribution in [2.24, 2.45) is 0 Å². The minimum Gasteiger partial charge on any atom is -0.435 e. The van der Waals surface area contributed by atoms with E-state index >= 15 is 0 Å². The molecule has 17 heavy (non-hydrogen) atoms. The smallest absolute Gasteiger partial charge is 0.435 e. The Kier molecular flexibility index (Phi) is 3.14. The van der Waals surface area contributed by atoms with Gasteiger partial charge in [-0.2, -0.15) is 0 Å². The summed E-state index contributed by atoms with van der Waals surface area (Å²) in [6.45, 7) is 3.73. The lowest BCUT2D eigenvalue weighted by atomic mass is 10.2. The minimum absolute atomic E-state index is 0.225. The molecule has 92 valence electrons. The Morgan fingerprint density at radius 1 is 1.59 bits per heavy atom. The number of pyridine rings is 1. The SMILES string of the molecule is CCOC(=O)OC1c2nc(C)ccc2NC1O. The van der Waals surface area contributed by atoms with Crippen molar-refractivity contribution in [3.63, 3.8) is 0 Å².